The van der Waals surface area contributed by atoms with Gasteiger partial charge in [0.1, 0.15) is 5.75 Å². The first-order valence-electron chi connectivity index (χ1n) is 9.68. The number of benzene rings is 2. The second kappa shape index (κ2) is 9.26. The van der Waals surface area contributed by atoms with Crippen molar-refractivity contribution in [3.63, 3.8) is 0 Å². The number of carbonyl (C=O) groups is 2. The van der Waals surface area contributed by atoms with E-state index in [1.807, 2.05) is 54.3 Å². The van der Waals surface area contributed by atoms with Crippen molar-refractivity contribution < 1.29 is 14.3 Å². The Bertz CT molecular complexity index is 812. The number of ether oxygens (including phenoxy) is 1. The first-order valence-corrected chi connectivity index (χ1v) is 9.68. The van der Waals surface area contributed by atoms with E-state index in [1.54, 1.807) is 0 Å². The van der Waals surface area contributed by atoms with Crippen molar-refractivity contribution in [1.29, 1.82) is 0 Å². The molecule has 0 aromatic heterocycles. The maximum atomic E-state index is 12.7. The minimum Gasteiger partial charge on any atom is -0.492 e. The van der Waals surface area contributed by atoms with Crippen molar-refractivity contribution in [2.45, 2.75) is 20.3 Å². The van der Waals surface area contributed by atoms with Gasteiger partial charge in [0.15, 0.2) is 0 Å². The van der Waals surface area contributed by atoms with Crippen LogP contribution in [-0.4, -0.2) is 49.5 Å². The molecule has 0 atom stereocenters. The monoisotopic (exact) mass is 381 g/mol. The van der Waals surface area contributed by atoms with E-state index >= 15 is 0 Å². The lowest BCUT2D eigenvalue weighted by Crippen LogP contribution is -2.49. The van der Waals surface area contributed by atoms with Crippen LogP contribution in [0.25, 0.3) is 0 Å². The predicted molar refractivity (Wildman–Crippen MR) is 111 cm³/mol. The van der Waals surface area contributed by atoms with Crippen LogP contribution >= 0.6 is 0 Å². The third kappa shape index (κ3) is 5.03. The molecule has 1 aliphatic rings. The summed E-state index contributed by atoms with van der Waals surface area (Å²) in [7, 11) is 0. The van der Waals surface area contributed by atoms with Crippen LogP contribution in [0, 0.1) is 0 Å². The summed E-state index contributed by atoms with van der Waals surface area (Å²) in [5.74, 6) is 0.918. The fourth-order valence-corrected chi connectivity index (χ4v) is 3.39. The zero-order valence-corrected chi connectivity index (χ0v) is 16.5. The van der Waals surface area contributed by atoms with E-state index in [1.165, 1.54) is 6.92 Å². The molecule has 6 nitrogen and oxygen atoms in total. The fourth-order valence-electron chi connectivity index (χ4n) is 3.39. The number of nitrogens with one attached hydrogen (secondary N) is 1. The molecule has 2 aromatic carbocycles. The molecular formula is C22H27N3O3. The summed E-state index contributed by atoms with van der Waals surface area (Å²) in [6, 6.07) is 15.5. The minimum absolute atomic E-state index is 0.104. The number of rotatable bonds is 6. The number of nitrogens with zero attached hydrogens (tertiary/aromatic N) is 2. The lowest BCUT2D eigenvalue weighted by Gasteiger charge is -2.36. The topological polar surface area (TPSA) is 61.9 Å². The van der Waals surface area contributed by atoms with Crippen LogP contribution in [-0.2, 0) is 16.0 Å². The van der Waals surface area contributed by atoms with Crippen molar-refractivity contribution in [2.24, 2.45) is 0 Å². The molecule has 0 unspecified atom stereocenters. The quantitative estimate of drug-likeness (QED) is 0.836. The van der Waals surface area contributed by atoms with Crippen LogP contribution in [0.1, 0.15) is 19.4 Å². The Morgan fingerprint density at radius 3 is 2.32 bits per heavy atom. The molecule has 6 heteroatoms. The Hall–Kier alpha value is -3.02. The molecule has 3 rings (SSSR count). The predicted octanol–water partition coefficient (Wildman–Crippen LogP) is 2.94. The number of amides is 2. The van der Waals surface area contributed by atoms with E-state index in [2.05, 4.69) is 16.3 Å². The molecule has 0 radical (unpaired) electrons. The van der Waals surface area contributed by atoms with Gasteiger partial charge in [-0.2, -0.15) is 0 Å². The number of hydrogen-bond donors (Lipinski definition) is 1. The molecule has 0 spiro atoms. The molecule has 28 heavy (non-hydrogen) atoms. The van der Waals surface area contributed by atoms with Gasteiger partial charge in [-0.05, 0) is 36.8 Å². The summed E-state index contributed by atoms with van der Waals surface area (Å²) in [6.07, 6.45) is 0.371. The molecule has 0 saturated carbocycles. The standard InChI is InChI=1S/C22H27N3O3/c1-3-28-21-7-5-4-6-20(21)24-12-14-25(15-13-24)22(27)16-18-8-10-19(11-9-18)23-17(2)26/h4-11H,3,12-16H2,1-2H3,(H,23,26). The normalized spacial score (nSPS) is 13.9. The number of carbonyl (C=O) groups excluding carboxylic acids is 2. The third-order valence-corrected chi connectivity index (χ3v) is 4.77. The van der Waals surface area contributed by atoms with Crippen LogP contribution in [0.2, 0.25) is 0 Å². The molecular weight excluding hydrogens is 354 g/mol. The van der Waals surface area contributed by atoms with Gasteiger partial charge in [0, 0.05) is 38.8 Å². The summed E-state index contributed by atoms with van der Waals surface area (Å²) in [4.78, 5) is 27.9. The van der Waals surface area contributed by atoms with Crippen molar-refractivity contribution in [3.8, 4) is 5.75 Å². The summed E-state index contributed by atoms with van der Waals surface area (Å²) in [5.41, 5.74) is 2.78. The first-order chi connectivity index (χ1) is 13.6. The average Bonchev–Trinajstić information content (AvgIpc) is 2.70. The Morgan fingerprint density at radius 1 is 1.00 bits per heavy atom. The molecule has 0 bridgehead atoms. The van der Waals surface area contributed by atoms with Gasteiger partial charge >= 0.3 is 0 Å². The zero-order chi connectivity index (χ0) is 19.9. The van der Waals surface area contributed by atoms with Crippen LogP contribution in [0.3, 0.4) is 0 Å². The fraction of sp³-hybridized carbons (Fsp3) is 0.364. The highest BCUT2D eigenvalue weighted by molar-refractivity contribution is 5.88. The van der Waals surface area contributed by atoms with Crippen molar-refractivity contribution in [3.05, 3.63) is 54.1 Å². The third-order valence-electron chi connectivity index (χ3n) is 4.77. The summed E-state index contributed by atoms with van der Waals surface area (Å²) in [5, 5.41) is 2.73. The van der Waals surface area contributed by atoms with Crippen LogP contribution in [0.5, 0.6) is 5.75 Å². The second-order valence-corrected chi connectivity index (χ2v) is 6.82. The summed E-state index contributed by atoms with van der Waals surface area (Å²) >= 11 is 0. The van der Waals surface area contributed by atoms with E-state index in [9.17, 15) is 9.59 Å². The number of hydrogen-bond acceptors (Lipinski definition) is 4. The van der Waals surface area contributed by atoms with Gasteiger partial charge in [-0.25, -0.2) is 0 Å². The molecule has 1 heterocycles. The Balaban J connectivity index is 1.55. The van der Waals surface area contributed by atoms with Crippen LogP contribution < -0.4 is 15.0 Å². The number of piperazine rings is 1. The molecule has 2 aromatic rings. The van der Waals surface area contributed by atoms with E-state index in [4.69, 9.17) is 4.74 Å². The first kappa shape index (κ1) is 19.7. The van der Waals surface area contributed by atoms with Gasteiger partial charge in [-0.15, -0.1) is 0 Å². The van der Waals surface area contributed by atoms with E-state index in [-0.39, 0.29) is 11.8 Å². The molecule has 0 aliphatic carbocycles. The van der Waals surface area contributed by atoms with Gasteiger partial charge in [0.2, 0.25) is 11.8 Å². The molecule has 1 N–H and O–H groups in total. The molecule has 2 amide bonds. The lowest BCUT2D eigenvalue weighted by molar-refractivity contribution is -0.130. The largest absolute Gasteiger partial charge is 0.492 e. The highest BCUT2D eigenvalue weighted by atomic mass is 16.5. The van der Waals surface area contributed by atoms with Gasteiger partial charge in [0.25, 0.3) is 0 Å². The van der Waals surface area contributed by atoms with Gasteiger partial charge in [-0.3, -0.25) is 9.59 Å². The maximum absolute atomic E-state index is 12.7. The van der Waals surface area contributed by atoms with Crippen molar-refractivity contribution in [1.82, 2.24) is 4.90 Å². The molecule has 148 valence electrons. The average molecular weight is 381 g/mol. The molecule has 1 saturated heterocycles. The van der Waals surface area contributed by atoms with Crippen LogP contribution in [0.4, 0.5) is 11.4 Å². The van der Waals surface area contributed by atoms with E-state index in [0.717, 1.165) is 35.8 Å². The Kier molecular flexibility index (Phi) is 6.53. The Labute approximate surface area is 166 Å². The van der Waals surface area contributed by atoms with Gasteiger partial charge in [0.05, 0.1) is 18.7 Å². The van der Waals surface area contributed by atoms with E-state index in [0.29, 0.717) is 26.1 Å². The minimum atomic E-state index is -0.104. The van der Waals surface area contributed by atoms with E-state index < -0.39 is 0 Å². The zero-order valence-electron chi connectivity index (χ0n) is 16.5. The molecule has 1 aliphatic heterocycles. The lowest BCUT2D eigenvalue weighted by atomic mass is 10.1. The van der Waals surface area contributed by atoms with Gasteiger partial charge < -0.3 is 19.9 Å². The number of anilines is 2. The van der Waals surface area contributed by atoms with Crippen molar-refractivity contribution in [2.75, 3.05) is 43.0 Å². The second-order valence-electron chi connectivity index (χ2n) is 6.82. The molecule has 1 fully saturated rings. The smallest absolute Gasteiger partial charge is 0.227 e. The van der Waals surface area contributed by atoms with Gasteiger partial charge in [-0.1, -0.05) is 24.3 Å². The van der Waals surface area contributed by atoms with Crippen molar-refractivity contribution >= 4 is 23.2 Å². The highest BCUT2D eigenvalue weighted by Crippen LogP contribution is 2.28. The Morgan fingerprint density at radius 2 is 1.68 bits per heavy atom. The highest BCUT2D eigenvalue weighted by Gasteiger charge is 2.23. The summed E-state index contributed by atoms with van der Waals surface area (Å²) in [6.45, 7) is 7.07. The van der Waals surface area contributed by atoms with Crippen LogP contribution in [0.15, 0.2) is 48.5 Å². The number of para-hydroxylation sites is 2. The summed E-state index contributed by atoms with van der Waals surface area (Å²) < 4.78 is 5.73. The maximum Gasteiger partial charge on any atom is 0.227 e. The SMILES string of the molecule is CCOc1ccccc1N1CCN(C(=O)Cc2ccc(NC(C)=O)cc2)CC1.